The fourth-order valence-electron chi connectivity index (χ4n) is 1.51. The maximum Gasteiger partial charge on any atom is 0.0459 e. The van der Waals surface area contributed by atoms with E-state index in [0.717, 1.165) is 25.7 Å². The number of aliphatic hydroxyl groups excluding tert-OH is 1. The predicted octanol–water partition coefficient (Wildman–Crippen LogP) is 1.42. The molecule has 1 heteroatoms. The van der Waals surface area contributed by atoms with Gasteiger partial charge in [0, 0.05) is 12.5 Å². The summed E-state index contributed by atoms with van der Waals surface area (Å²) in [6.07, 6.45) is 9.74. The summed E-state index contributed by atoms with van der Waals surface area (Å²) in [6.45, 7) is 0.345. The molecule has 1 N–H and O–H groups in total. The van der Waals surface area contributed by atoms with Crippen LogP contribution in [0.25, 0.3) is 0 Å². The fourth-order valence-corrected chi connectivity index (χ4v) is 1.51. The minimum atomic E-state index is 0.345. The molecule has 0 radical (unpaired) electrons. The highest BCUT2D eigenvalue weighted by Gasteiger charge is 2.18. The van der Waals surface area contributed by atoms with Crippen LogP contribution in [0.2, 0.25) is 0 Å². The summed E-state index contributed by atoms with van der Waals surface area (Å²) in [5.74, 6) is 3.79. The van der Waals surface area contributed by atoms with Gasteiger partial charge in [0.2, 0.25) is 0 Å². The molecule has 0 atom stereocenters. The quantitative estimate of drug-likeness (QED) is 0.543. The normalized spacial score (nSPS) is 33.2. The molecule has 56 valence electrons. The molecule has 0 aromatic carbocycles. The van der Waals surface area contributed by atoms with E-state index in [1.807, 2.05) is 0 Å². The molecule has 0 spiro atoms. The van der Waals surface area contributed by atoms with Crippen LogP contribution in [0.4, 0.5) is 0 Å². The molecule has 0 bridgehead atoms. The largest absolute Gasteiger partial charge is 0.396 e. The van der Waals surface area contributed by atoms with E-state index in [1.165, 1.54) is 0 Å². The van der Waals surface area contributed by atoms with Crippen molar-refractivity contribution in [2.24, 2.45) is 11.8 Å². The summed E-state index contributed by atoms with van der Waals surface area (Å²) >= 11 is 0. The molecule has 1 saturated carbocycles. The van der Waals surface area contributed by atoms with Crippen molar-refractivity contribution in [2.75, 3.05) is 6.61 Å². The fraction of sp³-hybridized carbons (Fsp3) is 0.778. The molecule has 10 heavy (non-hydrogen) atoms. The Balaban J connectivity index is 2.25. The number of hydrogen-bond acceptors (Lipinski definition) is 1. The Kier molecular flexibility index (Phi) is 2.77. The van der Waals surface area contributed by atoms with Crippen molar-refractivity contribution in [3.05, 3.63) is 0 Å². The first-order valence-corrected chi connectivity index (χ1v) is 3.93. The first-order valence-electron chi connectivity index (χ1n) is 3.93. The number of hydrogen-bond donors (Lipinski definition) is 1. The van der Waals surface area contributed by atoms with Gasteiger partial charge in [-0.1, -0.05) is 0 Å². The van der Waals surface area contributed by atoms with Gasteiger partial charge >= 0.3 is 0 Å². The highest BCUT2D eigenvalue weighted by Crippen LogP contribution is 2.27. The topological polar surface area (TPSA) is 20.2 Å². The summed E-state index contributed by atoms with van der Waals surface area (Å²) in [5.41, 5.74) is 0. The van der Waals surface area contributed by atoms with Crippen LogP contribution in [0.15, 0.2) is 0 Å². The first-order chi connectivity index (χ1) is 4.86. The number of aliphatic hydroxyl groups is 1. The van der Waals surface area contributed by atoms with E-state index >= 15 is 0 Å². The molecule has 1 aliphatic carbocycles. The number of rotatable bonds is 1. The van der Waals surface area contributed by atoms with Crippen molar-refractivity contribution < 1.29 is 5.11 Å². The summed E-state index contributed by atoms with van der Waals surface area (Å²) in [5, 5.41) is 8.80. The third-order valence-corrected chi connectivity index (χ3v) is 2.34. The number of terminal acetylenes is 1. The molecule has 1 rings (SSSR count). The SMILES string of the molecule is C#C[C@H]1CC[C@H](CO)CC1. The molecule has 0 aromatic rings. The molecule has 0 aromatic heterocycles. The van der Waals surface area contributed by atoms with E-state index in [4.69, 9.17) is 11.5 Å². The molecule has 0 unspecified atom stereocenters. The van der Waals surface area contributed by atoms with E-state index < -0.39 is 0 Å². The van der Waals surface area contributed by atoms with Crippen LogP contribution in [0.3, 0.4) is 0 Å². The molecule has 0 saturated heterocycles. The van der Waals surface area contributed by atoms with E-state index in [0.29, 0.717) is 18.4 Å². The van der Waals surface area contributed by atoms with Crippen molar-refractivity contribution in [1.29, 1.82) is 0 Å². The van der Waals surface area contributed by atoms with E-state index in [9.17, 15) is 0 Å². The molecule has 1 nitrogen and oxygen atoms in total. The van der Waals surface area contributed by atoms with Crippen LogP contribution in [-0.4, -0.2) is 11.7 Å². The molecular formula is C9H14O. The molecule has 0 amide bonds. The average molecular weight is 138 g/mol. The molecule has 0 aliphatic heterocycles. The van der Waals surface area contributed by atoms with E-state index in [-0.39, 0.29) is 0 Å². The van der Waals surface area contributed by atoms with Gasteiger partial charge in [-0.05, 0) is 31.6 Å². The van der Waals surface area contributed by atoms with Crippen molar-refractivity contribution in [2.45, 2.75) is 25.7 Å². The summed E-state index contributed by atoms with van der Waals surface area (Å²) in [7, 11) is 0. The van der Waals surface area contributed by atoms with Crippen molar-refractivity contribution in [3.8, 4) is 12.3 Å². The van der Waals surface area contributed by atoms with Gasteiger partial charge in [0.15, 0.2) is 0 Å². The van der Waals surface area contributed by atoms with Crippen molar-refractivity contribution in [1.82, 2.24) is 0 Å². The molecule has 1 aliphatic rings. The Bertz CT molecular complexity index is 126. The Labute approximate surface area is 62.4 Å². The van der Waals surface area contributed by atoms with Crippen LogP contribution < -0.4 is 0 Å². The first kappa shape index (κ1) is 7.63. The van der Waals surface area contributed by atoms with Gasteiger partial charge in [-0.2, -0.15) is 0 Å². The minimum Gasteiger partial charge on any atom is -0.396 e. The molecular weight excluding hydrogens is 124 g/mol. The van der Waals surface area contributed by atoms with Crippen LogP contribution in [0.1, 0.15) is 25.7 Å². The highest BCUT2D eigenvalue weighted by molar-refractivity contribution is 4.94. The third kappa shape index (κ3) is 1.75. The third-order valence-electron chi connectivity index (χ3n) is 2.34. The van der Waals surface area contributed by atoms with Crippen LogP contribution in [0, 0.1) is 24.2 Å². The van der Waals surface area contributed by atoms with Crippen LogP contribution in [-0.2, 0) is 0 Å². The predicted molar refractivity (Wildman–Crippen MR) is 41.4 cm³/mol. The monoisotopic (exact) mass is 138 g/mol. The standard InChI is InChI=1S/C9H14O/c1-2-8-3-5-9(7-10)6-4-8/h1,8-10H,3-7H2/t8-,9-. The summed E-state index contributed by atoms with van der Waals surface area (Å²) < 4.78 is 0. The van der Waals surface area contributed by atoms with E-state index in [1.54, 1.807) is 0 Å². The Morgan fingerprint density at radius 1 is 1.30 bits per heavy atom. The van der Waals surface area contributed by atoms with Gasteiger partial charge in [-0.15, -0.1) is 12.3 Å². The zero-order valence-corrected chi connectivity index (χ0v) is 6.21. The maximum absolute atomic E-state index is 8.80. The lowest BCUT2D eigenvalue weighted by atomic mass is 9.83. The van der Waals surface area contributed by atoms with Crippen molar-refractivity contribution >= 4 is 0 Å². The van der Waals surface area contributed by atoms with Gasteiger partial charge in [0.1, 0.15) is 0 Å². The molecule has 1 fully saturated rings. The Morgan fingerprint density at radius 3 is 2.30 bits per heavy atom. The van der Waals surface area contributed by atoms with Crippen LogP contribution in [0.5, 0.6) is 0 Å². The van der Waals surface area contributed by atoms with Gasteiger partial charge in [0.05, 0.1) is 0 Å². The Hall–Kier alpha value is -0.480. The Morgan fingerprint density at radius 2 is 1.90 bits per heavy atom. The van der Waals surface area contributed by atoms with E-state index in [2.05, 4.69) is 5.92 Å². The van der Waals surface area contributed by atoms with Crippen LogP contribution >= 0.6 is 0 Å². The lowest BCUT2D eigenvalue weighted by molar-refractivity contribution is 0.179. The zero-order valence-electron chi connectivity index (χ0n) is 6.21. The smallest absolute Gasteiger partial charge is 0.0459 e. The van der Waals surface area contributed by atoms with Gasteiger partial charge in [-0.3, -0.25) is 0 Å². The second kappa shape index (κ2) is 3.63. The van der Waals surface area contributed by atoms with Gasteiger partial charge < -0.3 is 5.11 Å². The second-order valence-electron chi connectivity index (χ2n) is 3.07. The van der Waals surface area contributed by atoms with Gasteiger partial charge in [0.25, 0.3) is 0 Å². The summed E-state index contributed by atoms with van der Waals surface area (Å²) in [4.78, 5) is 0. The maximum atomic E-state index is 8.80. The van der Waals surface area contributed by atoms with Gasteiger partial charge in [-0.25, -0.2) is 0 Å². The minimum absolute atomic E-state index is 0.345. The second-order valence-corrected chi connectivity index (χ2v) is 3.07. The highest BCUT2D eigenvalue weighted by atomic mass is 16.3. The zero-order chi connectivity index (χ0) is 7.40. The lowest BCUT2D eigenvalue weighted by Crippen LogP contribution is -2.15. The lowest BCUT2D eigenvalue weighted by Gasteiger charge is -2.23. The van der Waals surface area contributed by atoms with Crippen molar-refractivity contribution in [3.63, 3.8) is 0 Å². The summed E-state index contributed by atoms with van der Waals surface area (Å²) in [6, 6.07) is 0. The molecule has 0 heterocycles. The average Bonchev–Trinajstić information content (AvgIpc) is 2.05.